The second-order valence-corrected chi connectivity index (χ2v) is 6.22. The molecule has 0 bridgehead atoms. The molecule has 4 aliphatic heterocycles. The maximum absolute atomic E-state index is 4.56. The molecule has 0 saturated carbocycles. The van der Waals surface area contributed by atoms with Crippen LogP contribution < -0.4 is 0 Å². The molecule has 4 rings (SSSR count). The van der Waals surface area contributed by atoms with Crippen molar-refractivity contribution in [1.82, 2.24) is 4.90 Å². The SMILES string of the molecule is C.C.C.C.C.C.CC12CC=CCC=[N+]1CCC=N2.CC12N=CC=CN1C=CC=N2. The highest BCUT2D eigenvalue weighted by Crippen LogP contribution is 2.23. The molecule has 1 unspecified atom stereocenters. The largest absolute Gasteiger partial charge is 0.311 e. The van der Waals surface area contributed by atoms with Crippen LogP contribution in [-0.2, 0) is 0 Å². The number of hydrogen-bond donors (Lipinski definition) is 0. The predicted molar refractivity (Wildman–Crippen MR) is 137 cm³/mol. The zero-order valence-electron chi connectivity index (χ0n) is 13.8. The number of nitrogens with zero attached hydrogens (tertiary/aromatic N) is 5. The van der Waals surface area contributed by atoms with E-state index in [2.05, 4.69) is 51.1 Å². The summed E-state index contributed by atoms with van der Waals surface area (Å²) in [7, 11) is 0. The summed E-state index contributed by atoms with van der Waals surface area (Å²) >= 11 is 0. The van der Waals surface area contributed by atoms with Crippen molar-refractivity contribution in [2.24, 2.45) is 15.0 Å². The van der Waals surface area contributed by atoms with E-state index in [1.807, 2.05) is 36.4 Å². The zero-order chi connectivity index (χ0) is 16.2. The van der Waals surface area contributed by atoms with Gasteiger partial charge in [0.1, 0.15) is 12.8 Å². The quantitative estimate of drug-likeness (QED) is 0.331. The van der Waals surface area contributed by atoms with Gasteiger partial charge in [-0.25, -0.2) is 19.6 Å². The Morgan fingerprint density at radius 2 is 1.41 bits per heavy atom. The average molecular weight is 407 g/mol. The first-order valence-corrected chi connectivity index (χ1v) is 8.14. The number of fused-ring (bicyclic) bond motifs is 2. The Morgan fingerprint density at radius 1 is 0.828 bits per heavy atom. The Morgan fingerprint density at radius 3 is 1.97 bits per heavy atom. The lowest BCUT2D eigenvalue weighted by molar-refractivity contribution is -0.601. The van der Waals surface area contributed by atoms with Crippen molar-refractivity contribution in [3.8, 4) is 0 Å². The third-order valence-electron chi connectivity index (χ3n) is 4.41. The van der Waals surface area contributed by atoms with Crippen LogP contribution in [0.15, 0.2) is 51.7 Å². The highest BCUT2D eigenvalue weighted by molar-refractivity contribution is 5.76. The van der Waals surface area contributed by atoms with Crippen LogP contribution in [0.3, 0.4) is 0 Å². The monoisotopic (exact) mass is 406 g/mol. The van der Waals surface area contributed by atoms with Crippen molar-refractivity contribution < 1.29 is 4.58 Å². The lowest BCUT2D eigenvalue weighted by Gasteiger charge is -2.34. The third kappa shape index (κ3) is 7.92. The van der Waals surface area contributed by atoms with Crippen LogP contribution >= 0.6 is 0 Å². The summed E-state index contributed by atoms with van der Waals surface area (Å²) in [5.74, 6) is -0.427. The van der Waals surface area contributed by atoms with Crippen molar-refractivity contribution in [2.75, 3.05) is 6.54 Å². The molecule has 0 fully saturated rings. The molecule has 0 N–H and O–H groups in total. The van der Waals surface area contributed by atoms with E-state index in [-0.39, 0.29) is 50.2 Å². The molecule has 0 aromatic rings. The van der Waals surface area contributed by atoms with Crippen LogP contribution in [0.5, 0.6) is 0 Å². The fraction of sp³-hybridized carbons (Fsp3) is 0.583. The van der Waals surface area contributed by atoms with Gasteiger partial charge in [0.05, 0.1) is 6.42 Å². The van der Waals surface area contributed by atoms with Crippen LogP contribution in [0.2, 0.25) is 0 Å². The highest BCUT2D eigenvalue weighted by Gasteiger charge is 2.35. The first-order chi connectivity index (χ1) is 11.1. The van der Waals surface area contributed by atoms with Crippen LogP contribution in [0.25, 0.3) is 0 Å². The van der Waals surface area contributed by atoms with Gasteiger partial charge in [0.25, 0.3) is 5.66 Å². The average Bonchev–Trinajstić information content (AvgIpc) is 2.76. The first kappa shape index (κ1) is 34.2. The third-order valence-corrected chi connectivity index (χ3v) is 4.41. The van der Waals surface area contributed by atoms with Gasteiger partial charge in [0.15, 0.2) is 0 Å². The van der Waals surface area contributed by atoms with Gasteiger partial charge in [0.2, 0.25) is 5.79 Å². The van der Waals surface area contributed by atoms with E-state index < -0.39 is 5.79 Å². The van der Waals surface area contributed by atoms with Crippen molar-refractivity contribution in [3.05, 3.63) is 36.7 Å². The molecule has 4 heterocycles. The van der Waals surface area contributed by atoms with Crippen LogP contribution in [0.4, 0.5) is 0 Å². The van der Waals surface area contributed by atoms with E-state index >= 15 is 0 Å². The zero-order valence-corrected chi connectivity index (χ0v) is 13.8. The summed E-state index contributed by atoms with van der Waals surface area (Å²) in [4.78, 5) is 15.0. The summed E-state index contributed by atoms with van der Waals surface area (Å²) in [6.07, 6.45) is 23.2. The van der Waals surface area contributed by atoms with Gasteiger partial charge in [0, 0.05) is 57.7 Å². The number of hydrogen-bond acceptors (Lipinski definition) is 4. The minimum Gasteiger partial charge on any atom is -0.311 e. The second-order valence-electron chi connectivity index (χ2n) is 6.22. The summed E-state index contributed by atoms with van der Waals surface area (Å²) in [5, 5.41) is 0. The van der Waals surface area contributed by atoms with Gasteiger partial charge < -0.3 is 4.90 Å². The Hall–Kier alpha value is -2.30. The van der Waals surface area contributed by atoms with Crippen molar-refractivity contribution in [3.63, 3.8) is 0 Å². The highest BCUT2D eigenvalue weighted by atomic mass is 15.4. The Balaban J connectivity index is -0.000000179. The molecule has 0 radical (unpaired) electrons. The van der Waals surface area contributed by atoms with Gasteiger partial charge in [-0.15, -0.1) is 0 Å². The standard InChI is InChI=1S/C10H15N2.C8H9N3.6CH4/c1-10-6-3-2-4-8-12(10)9-5-7-11-10;1-8-9-4-2-6-11(8)7-3-5-10-8;;;;;;/h2-3,7-8H,4-6,9H2,1H3;2-7H,1H3;6*1H4/q+1;;;;;;;. The molecule has 168 valence electrons. The van der Waals surface area contributed by atoms with Crippen molar-refractivity contribution in [1.29, 1.82) is 0 Å². The topological polar surface area (TPSA) is 43.3 Å². The minimum atomic E-state index is -0.427. The first-order valence-electron chi connectivity index (χ1n) is 8.14. The van der Waals surface area contributed by atoms with Gasteiger partial charge in [-0.1, -0.05) is 56.7 Å². The second kappa shape index (κ2) is 14.7. The molecular weight excluding hydrogens is 358 g/mol. The lowest BCUT2D eigenvalue weighted by Crippen LogP contribution is -2.40. The van der Waals surface area contributed by atoms with Gasteiger partial charge >= 0.3 is 0 Å². The normalized spacial score (nSPS) is 23.1. The molecular formula is C24H48N5+. The molecule has 0 aromatic heterocycles. The minimum absolute atomic E-state index is 0. The molecule has 4 aliphatic rings. The maximum atomic E-state index is 4.56. The van der Waals surface area contributed by atoms with E-state index in [4.69, 9.17) is 0 Å². The molecule has 0 amide bonds. The molecule has 0 spiro atoms. The van der Waals surface area contributed by atoms with Crippen molar-refractivity contribution in [2.45, 2.75) is 89.1 Å². The molecule has 29 heavy (non-hydrogen) atoms. The molecule has 0 aliphatic carbocycles. The van der Waals surface area contributed by atoms with E-state index in [1.54, 1.807) is 12.4 Å². The summed E-state index contributed by atoms with van der Waals surface area (Å²) in [5.41, 5.74) is 0.0191. The number of allylic oxidation sites excluding steroid dienone is 3. The summed E-state index contributed by atoms with van der Waals surface area (Å²) in [6.45, 7) is 5.30. The van der Waals surface area contributed by atoms with Gasteiger partial charge in [-0.2, -0.15) is 0 Å². The fourth-order valence-electron chi connectivity index (χ4n) is 2.95. The van der Waals surface area contributed by atoms with E-state index in [9.17, 15) is 0 Å². The summed E-state index contributed by atoms with van der Waals surface area (Å²) < 4.78 is 2.37. The Labute approximate surface area is 182 Å². The lowest BCUT2D eigenvalue weighted by atomic mass is 10.1. The van der Waals surface area contributed by atoms with E-state index in [1.165, 1.54) is 0 Å². The summed E-state index contributed by atoms with van der Waals surface area (Å²) in [6, 6.07) is 0. The number of rotatable bonds is 0. The van der Waals surface area contributed by atoms with Crippen LogP contribution in [0.1, 0.15) is 77.7 Å². The van der Waals surface area contributed by atoms with Crippen LogP contribution in [-0.4, -0.2) is 52.3 Å². The van der Waals surface area contributed by atoms with E-state index in [0.717, 1.165) is 25.8 Å². The molecule has 5 nitrogen and oxygen atoms in total. The molecule has 1 atom stereocenters. The smallest absolute Gasteiger partial charge is 0.254 e. The Kier molecular flexibility index (Phi) is 17.3. The molecule has 0 saturated heterocycles. The van der Waals surface area contributed by atoms with Crippen molar-refractivity contribution >= 4 is 24.9 Å². The molecule has 5 heteroatoms. The van der Waals surface area contributed by atoms with Crippen LogP contribution in [0, 0.1) is 0 Å². The van der Waals surface area contributed by atoms with E-state index in [0.29, 0.717) is 0 Å². The predicted octanol–water partition coefficient (Wildman–Crippen LogP) is 6.59. The van der Waals surface area contributed by atoms with Gasteiger partial charge in [-0.3, -0.25) is 0 Å². The molecule has 0 aromatic carbocycles. The van der Waals surface area contributed by atoms with Gasteiger partial charge in [-0.05, 0) is 12.2 Å². The Bertz CT molecular complexity index is 628. The fourth-order valence-corrected chi connectivity index (χ4v) is 2.95. The number of aliphatic imine (C=N–C) groups is 3. The maximum Gasteiger partial charge on any atom is 0.254 e.